The van der Waals surface area contributed by atoms with Crippen LogP contribution >= 0.6 is 0 Å². The van der Waals surface area contributed by atoms with E-state index in [4.69, 9.17) is 14.3 Å². The molecule has 3 aliphatic heterocycles. The minimum Gasteiger partial charge on any atom is -0.470 e. The highest BCUT2D eigenvalue weighted by Crippen LogP contribution is 2.31. The first kappa shape index (κ1) is 15.1. The molecule has 3 heterocycles. The highest BCUT2D eigenvalue weighted by molar-refractivity contribution is 5.83. The highest BCUT2D eigenvalue weighted by atomic mass is 16.7. The first-order valence-electron chi connectivity index (χ1n) is 8.11. The Balaban J connectivity index is 1.60. The van der Waals surface area contributed by atoms with Crippen molar-refractivity contribution in [1.29, 1.82) is 0 Å². The molecule has 3 aliphatic rings. The van der Waals surface area contributed by atoms with Crippen LogP contribution < -0.4 is 5.32 Å². The number of oxime groups is 1. The van der Waals surface area contributed by atoms with Crippen molar-refractivity contribution in [3.05, 3.63) is 0 Å². The molecule has 0 saturated carbocycles. The molecule has 2 atom stereocenters. The number of hydrogen-bond acceptors (Lipinski definition) is 6. The van der Waals surface area contributed by atoms with Gasteiger partial charge in [0.25, 0.3) is 0 Å². The molecule has 2 unspecified atom stereocenters. The summed E-state index contributed by atoms with van der Waals surface area (Å²) < 4.78 is 11.6. The number of likely N-dealkylation sites (tertiary alicyclic amines) is 1. The third-order valence-electron chi connectivity index (χ3n) is 4.71. The lowest BCUT2D eigenvalue weighted by molar-refractivity contribution is -0.0265. The molecule has 2 saturated heterocycles. The molecule has 0 radical (unpaired) electrons. The van der Waals surface area contributed by atoms with E-state index in [-0.39, 0.29) is 11.5 Å². The fourth-order valence-electron chi connectivity index (χ4n) is 3.52. The molecular weight excluding hydrogens is 270 g/mol. The minimum atomic E-state index is -0.157. The molecule has 21 heavy (non-hydrogen) atoms. The molecule has 0 amide bonds. The molecule has 6 heteroatoms. The maximum atomic E-state index is 6.19. The number of ether oxygens (including phenoxy) is 2. The van der Waals surface area contributed by atoms with Gasteiger partial charge in [-0.25, -0.2) is 0 Å². The Morgan fingerprint density at radius 1 is 1.38 bits per heavy atom. The third kappa shape index (κ3) is 3.49. The number of piperidine rings is 1. The second-order valence-electron chi connectivity index (χ2n) is 6.43. The maximum absolute atomic E-state index is 6.19. The summed E-state index contributed by atoms with van der Waals surface area (Å²) >= 11 is 0. The van der Waals surface area contributed by atoms with Crippen molar-refractivity contribution >= 4 is 5.90 Å². The van der Waals surface area contributed by atoms with E-state index < -0.39 is 0 Å². The summed E-state index contributed by atoms with van der Waals surface area (Å²) in [6.07, 6.45) is 5.02. The van der Waals surface area contributed by atoms with Gasteiger partial charge in [0.1, 0.15) is 6.10 Å². The summed E-state index contributed by atoms with van der Waals surface area (Å²) in [5.41, 5.74) is -0.157. The van der Waals surface area contributed by atoms with Crippen LogP contribution in [0.5, 0.6) is 0 Å². The van der Waals surface area contributed by atoms with E-state index in [0.717, 1.165) is 32.0 Å². The zero-order valence-corrected chi connectivity index (χ0v) is 13.0. The average Bonchev–Trinajstić information content (AvgIpc) is 2.99. The van der Waals surface area contributed by atoms with Crippen LogP contribution in [-0.4, -0.2) is 69.9 Å². The second kappa shape index (κ2) is 6.94. The third-order valence-corrected chi connectivity index (χ3v) is 4.71. The standard InChI is InChI=1S/C15H27N3O3/c1-19-12-15(5-6-16-11-15)14-17-20-10-13(21-14)9-18-7-3-2-4-8-18/h13,16H,2-12H2,1H3. The van der Waals surface area contributed by atoms with Crippen molar-refractivity contribution in [3.8, 4) is 0 Å². The van der Waals surface area contributed by atoms with Gasteiger partial charge in [-0.3, -0.25) is 4.90 Å². The van der Waals surface area contributed by atoms with Gasteiger partial charge in [0, 0.05) is 20.2 Å². The Bertz CT molecular complexity index is 363. The van der Waals surface area contributed by atoms with Crippen LogP contribution in [0.25, 0.3) is 0 Å². The van der Waals surface area contributed by atoms with Gasteiger partial charge in [-0.2, -0.15) is 0 Å². The molecule has 0 aliphatic carbocycles. The predicted molar refractivity (Wildman–Crippen MR) is 80.3 cm³/mol. The molecule has 0 aromatic rings. The fourth-order valence-corrected chi connectivity index (χ4v) is 3.52. The molecule has 6 nitrogen and oxygen atoms in total. The van der Waals surface area contributed by atoms with Crippen LogP contribution in [0.15, 0.2) is 5.16 Å². The maximum Gasteiger partial charge on any atom is 0.236 e. The summed E-state index contributed by atoms with van der Waals surface area (Å²) in [5.74, 6) is 0.725. The van der Waals surface area contributed by atoms with Crippen molar-refractivity contribution < 1.29 is 14.3 Å². The number of hydrogen-bond donors (Lipinski definition) is 1. The summed E-state index contributed by atoms with van der Waals surface area (Å²) in [6, 6.07) is 0. The molecule has 2 fully saturated rings. The molecule has 0 aromatic carbocycles. The van der Waals surface area contributed by atoms with Crippen LogP contribution in [0.1, 0.15) is 25.7 Å². The normalized spacial score (nSPS) is 34.1. The van der Waals surface area contributed by atoms with Crippen molar-refractivity contribution in [2.45, 2.75) is 31.8 Å². The van der Waals surface area contributed by atoms with Crippen molar-refractivity contribution in [1.82, 2.24) is 10.2 Å². The lowest BCUT2D eigenvalue weighted by Crippen LogP contribution is -2.47. The Labute approximate surface area is 126 Å². The summed E-state index contributed by atoms with van der Waals surface area (Å²) in [6.45, 7) is 6.29. The quantitative estimate of drug-likeness (QED) is 0.814. The first-order chi connectivity index (χ1) is 10.3. The first-order valence-corrected chi connectivity index (χ1v) is 8.11. The van der Waals surface area contributed by atoms with Gasteiger partial charge in [0.05, 0.1) is 12.0 Å². The zero-order chi connectivity index (χ0) is 14.5. The largest absolute Gasteiger partial charge is 0.470 e. The Morgan fingerprint density at radius 3 is 2.95 bits per heavy atom. The van der Waals surface area contributed by atoms with E-state index in [1.807, 2.05) is 0 Å². The van der Waals surface area contributed by atoms with Crippen LogP contribution in [0.3, 0.4) is 0 Å². The highest BCUT2D eigenvalue weighted by Gasteiger charge is 2.44. The van der Waals surface area contributed by atoms with Crippen LogP contribution in [0, 0.1) is 5.41 Å². The van der Waals surface area contributed by atoms with Crippen molar-refractivity contribution in [3.63, 3.8) is 0 Å². The Morgan fingerprint density at radius 2 is 2.24 bits per heavy atom. The molecular formula is C15H27N3O3. The van der Waals surface area contributed by atoms with E-state index in [1.54, 1.807) is 7.11 Å². The lowest BCUT2D eigenvalue weighted by Gasteiger charge is -2.36. The van der Waals surface area contributed by atoms with Gasteiger partial charge in [-0.1, -0.05) is 11.6 Å². The van der Waals surface area contributed by atoms with Crippen molar-refractivity contribution in [2.24, 2.45) is 10.6 Å². The smallest absolute Gasteiger partial charge is 0.236 e. The van der Waals surface area contributed by atoms with E-state index >= 15 is 0 Å². The van der Waals surface area contributed by atoms with Gasteiger partial charge in [-0.05, 0) is 38.9 Å². The van der Waals surface area contributed by atoms with E-state index in [1.165, 1.54) is 32.4 Å². The topological polar surface area (TPSA) is 55.3 Å². The molecule has 120 valence electrons. The van der Waals surface area contributed by atoms with E-state index in [0.29, 0.717) is 13.2 Å². The van der Waals surface area contributed by atoms with Crippen LogP contribution in [-0.2, 0) is 14.3 Å². The number of rotatable bonds is 5. The van der Waals surface area contributed by atoms with E-state index in [2.05, 4.69) is 15.4 Å². The van der Waals surface area contributed by atoms with Crippen molar-refractivity contribution in [2.75, 3.05) is 53.0 Å². The predicted octanol–water partition coefficient (Wildman–Crippen LogP) is 0.827. The van der Waals surface area contributed by atoms with Crippen LogP contribution in [0.4, 0.5) is 0 Å². The summed E-state index contributed by atoms with van der Waals surface area (Å²) in [4.78, 5) is 7.96. The molecule has 1 N–H and O–H groups in total. The molecule has 3 rings (SSSR count). The average molecular weight is 297 g/mol. The minimum absolute atomic E-state index is 0.0879. The summed E-state index contributed by atoms with van der Waals surface area (Å²) in [5, 5.41) is 7.59. The number of methoxy groups -OCH3 is 1. The lowest BCUT2D eigenvalue weighted by atomic mass is 9.87. The van der Waals surface area contributed by atoms with Gasteiger partial charge < -0.3 is 19.6 Å². The van der Waals surface area contributed by atoms with Gasteiger partial charge in [0.2, 0.25) is 5.90 Å². The zero-order valence-electron chi connectivity index (χ0n) is 13.0. The SMILES string of the molecule is COCC1(C2=NOCC(CN3CCCCC3)O2)CCNC1. The van der Waals surface area contributed by atoms with E-state index in [9.17, 15) is 0 Å². The van der Waals surface area contributed by atoms with Gasteiger partial charge >= 0.3 is 0 Å². The molecule has 0 aromatic heterocycles. The van der Waals surface area contributed by atoms with Crippen LogP contribution in [0.2, 0.25) is 0 Å². The number of nitrogens with zero attached hydrogens (tertiary/aromatic N) is 2. The second-order valence-corrected chi connectivity index (χ2v) is 6.43. The number of nitrogens with one attached hydrogen (secondary N) is 1. The Kier molecular flexibility index (Phi) is 4.98. The molecule has 0 spiro atoms. The van der Waals surface area contributed by atoms with Gasteiger partial charge in [-0.15, -0.1) is 0 Å². The molecule has 0 bridgehead atoms. The summed E-state index contributed by atoms with van der Waals surface area (Å²) in [7, 11) is 1.73. The monoisotopic (exact) mass is 297 g/mol. The van der Waals surface area contributed by atoms with Gasteiger partial charge in [0.15, 0.2) is 6.61 Å². The Hall–Kier alpha value is -0.850. The fraction of sp³-hybridized carbons (Fsp3) is 0.933.